The first-order chi connectivity index (χ1) is 12.4. The van der Waals surface area contributed by atoms with E-state index >= 15 is 0 Å². The topological polar surface area (TPSA) is 98.2 Å². The van der Waals surface area contributed by atoms with Crippen molar-refractivity contribution in [3.8, 4) is 0 Å². The van der Waals surface area contributed by atoms with Crippen LogP contribution in [0, 0.1) is 6.92 Å². The van der Waals surface area contributed by atoms with Crippen molar-refractivity contribution in [2.24, 2.45) is 0 Å². The molecule has 0 fully saturated rings. The molecule has 2 aromatic rings. The number of aryl methyl sites for hydroxylation is 1. The summed E-state index contributed by atoms with van der Waals surface area (Å²) in [7, 11) is 0. The number of rotatable bonds is 7. The number of carbonyl (C=O) groups excluding carboxylic acids is 3. The highest BCUT2D eigenvalue weighted by molar-refractivity contribution is 6.01. The van der Waals surface area contributed by atoms with Gasteiger partial charge in [0.1, 0.15) is 0 Å². The minimum Gasteiger partial charge on any atom is -0.449 e. The first-order valence-electron chi connectivity index (χ1n) is 8.34. The lowest BCUT2D eigenvalue weighted by atomic mass is 10.1. The Morgan fingerprint density at radius 3 is 2.38 bits per heavy atom. The van der Waals surface area contributed by atoms with Crippen LogP contribution in [-0.2, 0) is 9.53 Å². The summed E-state index contributed by atoms with van der Waals surface area (Å²) in [4.78, 5) is 43.9. The SMILES string of the molecule is CCCC(=O)Nc1ccc(C(=O)C(C)OC(=O)c2cnc(C)cn2)cc1. The molecule has 26 heavy (non-hydrogen) atoms. The molecule has 7 nitrogen and oxygen atoms in total. The molecule has 1 atom stereocenters. The summed E-state index contributed by atoms with van der Waals surface area (Å²) in [5, 5.41) is 2.75. The van der Waals surface area contributed by atoms with E-state index in [0.29, 0.717) is 23.4 Å². The van der Waals surface area contributed by atoms with Crippen molar-refractivity contribution in [2.45, 2.75) is 39.7 Å². The van der Waals surface area contributed by atoms with Gasteiger partial charge in [-0.15, -0.1) is 0 Å². The van der Waals surface area contributed by atoms with Crippen LogP contribution in [0.1, 0.15) is 53.2 Å². The molecule has 0 saturated carbocycles. The number of nitrogens with zero attached hydrogens (tertiary/aromatic N) is 2. The lowest BCUT2D eigenvalue weighted by molar-refractivity contribution is -0.116. The van der Waals surface area contributed by atoms with Crippen molar-refractivity contribution in [2.75, 3.05) is 5.32 Å². The van der Waals surface area contributed by atoms with Gasteiger partial charge in [0, 0.05) is 23.9 Å². The second-order valence-corrected chi connectivity index (χ2v) is 5.83. The third kappa shape index (κ3) is 5.20. The van der Waals surface area contributed by atoms with Crippen molar-refractivity contribution in [3.63, 3.8) is 0 Å². The van der Waals surface area contributed by atoms with Crippen molar-refractivity contribution in [1.82, 2.24) is 9.97 Å². The number of hydrogen-bond donors (Lipinski definition) is 1. The predicted molar refractivity (Wildman–Crippen MR) is 96.0 cm³/mol. The summed E-state index contributed by atoms with van der Waals surface area (Å²) in [6.07, 6.45) is 3.00. The minimum atomic E-state index is -0.967. The predicted octanol–water partition coefficient (Wildman–Crippen LogP) is 2.95. The number of aromatic nitrogens is 2. The fourth-order valence-corrected chi connectivity index (χ4v) is 2.18. The van der Waals surface area contributed by atoms with Gasteiger partial charge in [-0.05, 0) is 44.5 Å². The maximum Gasteiger partial charge on any atom is 0.359 e. The molecule has 0 saturated heterocycles. The van der Waals surface area contributed by atoms with Crippen LogP contribution in [0.4, 0.5) is 5.69 Å². The molecule has 0 aliphatic rings. The number of esters is 1. The molecule has 0 bridgehead atoms. The molecule has 1 heterocycles. The van der Waals surface area contributed by atoms with Crippen LogP contribution in [0.2, 0.25) is 0 Å². The van der Waals surface area contributed by atoms with Crippen molar-refractivity contribution in [1.29, 1.82) is 0 Å². The third-order valence-corrected chi connectivity index (χ3v) is 3.57. The maximum atomic E-state index is 12.4. The van der Waals surface area contributed by atoms with Crippen LogP contribution in [0.5, 0.6) is 0 Å². The number of anilines is 1. The molecule has 0 radical (unpaired) electrons. The van der Waals surface area contributed by atoms with Gasteiger partial charge in [-0.3, -0.25) is 14.6 Å². The Kier molecular flexibility index (Phi) is 6.54. The van der Waals surface area contributed by atoms with Gasteiger partial charge in [-0.1, -0.05) is 6.92 Å². The average molecular weight is 355 g/mol. The molecule has 1 aromatic carbocycles. The molecule has 1 amide bonds. The lowest BCUT2D eigenvalue weighted by Crippen LogP contribution is -2.25. The molecular formula is C19H21N3O4. The quantitative estimate of drug-likeness (QED) is 0.606. The average Bonchev–Trinajstić information content (AvgIpc) is 2.62. The molecule has 0 spiro atoms. The van der Waals surface area contributed by atoms with Crippen molar-refractivity contribution >= 4 is 23.3 Å². The molecule has 7 heteroatoms. The van der Waals surface area contributed by atoms with Gasteiger partial charge in [0.25, 0.3) is 0 Å². The molecule has 136 valence electrons. The van der Waals surface area contributed by atoms with E-state index < -0.39 is 12.1 Å². The Morgan fingerprint density at radius 2 is 1.81 bits per heavy atom. The molecular weight excluding hydrogens is 334 g/mol. The van der Waals surface area contributed by atoms with E-state index in [0.717, 1.165) is 6.42 Å². The highest BCUT2D eigenvalue weighted by atomic mass is 16.5. The summed E-state index contributed by atoms with van der Waals surface area (Å²) in [5.74, 6) is -1.13. The second kappa shape index (κ2) is 8.84. The summed E-state index contributed by atoms with van der Waals surface area (Å²) < 4.78 is 5.16. The Balaban J connectivity index is 1.98. The molecule has 1 aromatic heterocycles. The standard InChI is InChI=1S/C19H21N3O4/c1-4-5-17(23)22-15-8-6-14(7-9-15)18(24)13(3)26-19(25)16-11-20-12(2)10-21-16/h6-11,13H,4-5H2,1-3H3,(H,22,23). The van der Waals surface area contributed by atoms with E-state index in [1.54, 1.807) is 31.2 Å². The molecule has 2 rings (SSSR count). The first-order valence-corrected chi connectivity index (χ1v) is 8.34. The summed E-state index contributed by atoms with van der Waals surface area (Å²) >= 11 is 0. The molecule has 1 unspecified atom stereocenters. The minimum absolute atomic E-state index is 0.0456. The zero-order chi connectivity index (χ0) is 19.1. The molecule has 1 N–H and O–H groups in total. The summed E-state index contributed by atoms with van der Waals surface area (Å²) in [5.41, 5.74) is 1.72. The van der Waals surface area contributed by atoms with Gasteiger partial charge in [0.2, 0.25) is 11.7 Å². The maximum absolute atomic E-state index is 12.4. The Bertz CT molecular complexity index is 785. The van der Waals surface area contributed by atoms with Gasteiger partial charge < -0.3 is 10.1 Å². The number of carbonyl (C=O) groups is 3. The summed E-state index contributed by atoms with van der Waals surface area (Å²) in [6.45, 7) is 5.17. The van der Waals surface area contributed by atoms with Crippen molar-refractivity contribution < 1.29 is 19.1 Å². The number of hydrogen-bond acceptors (Lipinski definition) is 6. The lowest BCUT2D eigenvalue weighted by Gasteiger charge is -2.12. The largest absolute Gasteiger partial charge is 0.449 e. The molecule has 0 aliphatic carbocycles. The van der Waals surface area contributed by atoms with E-state index in [1.807, 2.05) is 6.92 Å². The third-order valence-electron chi connectivity index (χ3n) is 3.57. The van der Waals surface area contributed by atoms with E-state index in [2.05, 4.69) is 15.3 Å². The number of nitrogens with one attached hydrogen (secondary N) is 1. The summed E-state index contributed by atoms with van der Waals surface area (Å²) in [6, 6.07) is 6.45. The number of Topliss-reactive ketones (excluding diaryl/α,β-unsaturated/α-hetero) is 1. The van der Waals surface area contributed by atoms with Crippen LogP contribution >= 0.6 is 0 Å². The van der Waals surface area contributed by atoms with E-state index in [9.17, 15) is 14.4 Å². The van der Waals surface area contributed by atoms with Gasteiger partial charge in [-0.25, -0.2) is 9.78 Å². The monoisotopic (exact) mass is 355 g/mol. The van der Waals surface area contributed by atoms with E-state index in [1.165, 1.54) is 19.3 Å². The fourth-order valence-electron chi connectivity index (χ4n) is 2.18. The van der Waals surface area contributed by atoms with Crippen LogP contribution in [0.25, 0.3) is 0 Å². The number of benzene rings is 1. The highest BCUT2D eigenvalue weighted by Crippen LogP contribution is 2.14. The van der Waals surface area contributed by atoms with Crippen LogP contribution in [0.15, 0.2) is 36.7 Å². The highest BCUT2D eigenvalue weighted by Gasteiger charge is 2.21. The van der Waals surface area contributed by atoms with Crippen LogP contribution < -0.4 is 5.32 Å². The Morgan fingerprint density at radius 1 is 1.12 bits per heavy atom. The van der Waals surface area contributed by atoms with E-state index in [-0.39, 0.29) is 17.4 Å². The van der Waals surface area contributed by atoms with Gasteiger partial charge in [-0.2, -0.15) is 0 Å². The van der Waals surface area contributed by atoms with E-state index in [4.69, 9.17) is 4.74 Å². The van der Waals surface area contributed by atoms with Gasteiger partial charge >= 0.3 is 5.97 Å². The van der Waals surface area contributed by atoms with Crippen LogP contribution in [0.3, 0.4) is 0 Å². The van der Waals surface area contributed by atoms with Crippen LogP contribution in [-0.4, -0.2) is 33.7 Å². The number of ether oxygens (including phenoxy) is 1. The zero-order valence-corrected chi connectivity index (χ0v) is 15.0. The smallest absolute Gasteiger partial charge is 0.359 e. The Labute approximate surface area is 151 Å². The van der Waals surface area contributed by atoms with Gasteiger partial charge in [0.15, 0.2) is 11.8 Å². The number of amides is 1. The second-order valence-electron chi connectivity index (χ2n) is 5.83. The first kappa shape index (κ1) is 19.2. The molecule has 0 aliphatic heterocycles. The van der Waals surface area contributed by atoms with Crippen molar-refractivity contribution in [3.05, 3.63) is 53.6 Å². The fraction of sp³-hybridized carbons (Fsp3) is 0.316. The zero-order valence-electron chi connectivity index (χ0n) is 15.0. The Hall–Kier alpha value is -3.09. The number of ketones is 1. The normalized spacial score (nSPS) is 11.5. The van der Waals surface area contributed by atoms with Gasteiger partial charge in [0.05, 0.1) is 11.9 Å².